The first-order valence-electron chi connectivity index (χ1n) is 8.94. The lowest BCUT2D eigenvalue weighted by molar-refractivity contribution is -0.0817. The van der Waals surface area contributed by atoms with Gasteiger partial charge in [-0.1, -0.05) is 0 Å². The number of morpholine rings is 1. The molecule has 2 atom stereocenters. The third-order valence-corrected chi connectivity index (χ3v) is 5.40. The molecule has 3 aliphatic rings. The second-order valence-electron chi connectivity index (χ2n) is 7.05. The summed E-state index contributed by atoms with van der Waals surface area (Å²) in [6.07, 6.45) is 6.42. The van der Waals surface area contributed by atoms with Crippen molar-refractivity contribution in [2.24, 2.45) is 10.4 Å². The molecule has 1 aliphatic carbocycles. The van der Waals surface area contributed by atoms with Gasteiger partial charge < -0.3 is 24.4 Å². The molecule has 0 spiro atoms. The average Bonchev–Trinajstić information content (AvgIpc) is 3.14. The minimum absolute atomic E-state index is 0.174. The molecule has 0 aromatic rings. The van der Waals surface area contributed by atoms with E-state index in [0.29, 0.717) is 5.41 Å². The molecule has 132 valence electrons. The molecule has 0 radical (unpaired) electrons. The minimum atomic E-state index is 0.174. The Morgan fingerprint density at radius 1 is 1.30 bits per heavy atom. The molecule has 1 saturated carbocycles. The van der Waals surface area contributed by atoms with Gasteiger partial charge in [-0.05, 0) is 37.5 Å². The van der Waals surface area contributed by atoms with Crippen LogP contribution in [0.1, 0.15) is 32.1 Å². The summed E-state index contributed by atoms with van der Waals surface area (Å²) in [6, 6.07) is 0. The maximum atomic E-state index is 5.93. The first kappa shape index (κ1) is 17.0. The van der Waals surface area contributed by atoms with Crippen molar-refractivity contribution >= 4 is 5.96 Å². The number of guanidine groups is 1. The van der Waals surface area contributed by atoms with Crippen molar-refractivity contribution < 1.29 is 14.2 Å². The molecule has 6 heteroatoms. The van der Waals surface area contributed by atoms with Gasteiger partial charge in [-0.15, -0.1) is 0 Å². The van der Waals surface area contributed by atoms with Gasteiger partial charge in [0.05, 0.1) is 12.7 Å². The van der Waals surface area contributed by atoms with Gasteiger partial charge in [0.25, 0.3) is 0 Å². The fraction of sp³-hybridized carbons (Fsp3) is 0.941. The molecule has 1 N–H and O–H groups in total. The summed E-state index contributed by atoms with van der Waals surface area (Å²) < 4.78 is 17.0. The molecular weight excluding hydrogens is 294 g/mol. The molecule has 2 heterocycles. The van der Waals surface area contributed by atoms with E-state index in [2.05, 4.69) is 15.2 Å². The average molecular weight is 325 g/mol. The van der Waals surface area contributed by atoms with Gasteiger partial charge in [-0.3, -0.25) is 4.99 Å². The predicted molar refractivity (Wildman–Crippen MR) is 89.8 cm³/mol. The quantitative estimate of drug-likeness (QED) is 0.588. The highest BCUT2D eigenvalue weighted by atomic mass is 16.5. The van der Waals surface area contributed by atoms with Gasteiger partial charge in [0.1, 0.15) is 6.10 Å². The standard InChI is InChI=1S/C17H31N3O3/c1-18-16(19-13-17(5-6-17)7-10-21-2)20-8-11-23-15(12-20)14-4-3-9-22-14/h14-15H,3-13H2,1-2H3,(H,18,19). The van der Waals surface area contributed by atoms with E-state index in [9.17, 15) is 0 Å². The summed E-state index contributed by atoms with van der Waals surface area (Å²) >= 11 is 0. The Kier molecular flexibility index (Phi) is 5.77. The largest absolute Gasteiger partial charge is 0.385 e. The molecule has 0 bridgehead atoms. The molecule has 0 amide bonds. The highest BCUT2D eigenvalue weighted by Crippen LogP contribution is 2.48. The van der Waals surface area contributed by atoms with Crippen molar-refractivity contribution in [1.82, 2.24) is 10.2 Å². The zero-order valence-electron chi connectivity index (χ0n) is 14.6. The summed E-state index contributed by atoms with van der Waals surface area (Å²) in [7, 11) is 3.65. The summed E-state index contributed by atoms with van der Waals surface area (Å²) in [5.74, 6) is 1.000. The molecular formula is C17H31N3O3. The number of nitrogens with one attached hydrogen (secondary N) is 1. The van der Waals surface area contributed by atoms with Crippen LogP contribution in [0.2, 0.25) is 0 Å². The first-order valence-corrected chi connectivity index (χ1v) is 8.94. The van der Waals surface area contributed by atoms with Gasteiger partial charge in [-0.25, -0.2) is 0 Å². The van der Waals surface area contributed by atoms with Crippen LogP contribution in [-0.2, 0) is 14.2 Å². The number of ether oxygens (including phenoxy) is 3. The highest BCUT2D eigenvalue weighted by Gasteiger charge is 2.42. The summed E-state index contributed by atoms with van der Waals surface area (Å²) in [5.41, 5.74) is 0.423. The Hall–Kier alpha value is -0.850. The number of hydrogen-bond donors (Lipinski definition) is 1. The zero-order chi connectivity index (χ0) is 16.1. The number of hydrogen-bond acceptors (Lipinski definition) is 4. The Morgan fingerprint density at radius 2 is 2.13 bits per heavy atom. The maximum absolute atomic E-state index is 5.93. The molecule has 23 heavy (non-hydrogen) atoms. The van der Waals surface area contributed by atoms with E-state index in [1.807, 2.05) is 7.05 Å². The second kappa shape index (κ2) is 7.81. The SMILES string of the molecule is CN=C(NCC1(CCOC)CC1)N1CCOC(C2CCCO2)C1. The smallest absolute Gasteiger partial charge is 0.193 e. The molecule has 2 unspecified atom stereocenters. The second-order valence-corrected chi connectivity index (χ2v) is 7.05. The van der Waals surface area contributed by atoms with E-state index in [1.165, 1.54) is 12.8 Å². The first-order chi connectivity index (χ1) is 11.3. The van der Waals surface area contributed by atoms with Crippen molar-refractivity contribution in [1.29, 1.82) is 0 Å². The van der Waals surface area contributed by atoms with E-state index >= 15 is 0 Å². The lowest BCUT2D eigenvalue weighted by Gasteiger charge is -2.37. The number of nitrogens with zero attached hydrogens (tertiary/aromatic N) is 2. The Balaban J connectivity index is 1.49. The summed E-state index contributed by atoms with van der Waals surface area (Å²) in [6.45, 7) is 5.23. The fourth-order valence-corrected chi connectivity index (χ4v) is 3.60. The molecule has 0 aromatic heterocycles. The molecule has 0 aromatic carbocycles. The van der Waals surface area contributed by atoms with Gasteiger partial charge in [-0.2, -0.15) is 0 Å². The van der Waals surface area contributed by atoms with Gasteiger partial charge in [0.15, 0.2) is 5.96 Å². The van der Waals surface area contributed by atoms with Crippen LogP contribution in [0.25, 0.3) is 0 Å². The van der Waals surface area contributed by atoms with E-state index in [1.54, 1.807) is 7.11 Å². The van der Waals surface area contributed by atoms with E-state index in [-0.39, 0.29) is 12.2 Å². The normalized spacial score (nSPS) is 30.5. The molecule has 6 nitrogen and oxygen atoms in total. The monoisotopic (exact) mass is 325 g/mol. The lowest BCUT2D eigenvalue weighted by atomic mass is 10.0. The Morgan fingerprint density at radius 3 is 2.78 bits per heavy atom. The molecule has 3 fully saturated rings. The van der Waals surface area contributed by atoms with Gasteiger partial charge in [0, 0.05) is 47.0 Å². The number of aliphatic imine (C=N–C) groups is 1. The predicted octanol–water partition coefficient (Wildman–Crippen LogP) is 1.26. The highest BCUT2D eigenvalue weighted by molar-refractivity contribution is 5.80. The van der Waals surface area contributed by atoms with Crippen molar-refractivity contribution in [2.45, 2.75) is 44.3 Å². The lowest BCUT2D eigenvalue weighted by Crippen LogP contribution is -2.54. The van der Waals surface area contributed by atoms with Crippen LogP contribution in [0.5, 0.6) is 0 Å². The summed E-state index contributed by atoms with van der Waals surface area (Å²) in [5, 5.41) is 3.59. The third kappa shape index (κ3) is 4.37. The van der Waals surface area contributed by atoms with Crippen molar-refractivity contribution in [3.63, 3.8) is 0 Å². The van der Waals surface area contributed by atoms with Crippen LogP contribution in [0, 0.1) is 5.41 Å². The third-order valence-electron chi connectivity index (χ3n) is 5.40. The zero-order valence-corrected chi connectivity index (χ0v) is 14.6. The van der Waals surface area contributed by atoms with Crippen LogP contribution in [-0.4, -0.2) is 76.7 Å². The molecule has 2 saturated heterocycles. The van der Waals surface area contributed by atoms with Crippen LogP contribution < -0.4 is 5.32 Å². The van der Waals surface area contributed by atoms with Crippen LogP contribution in [0.3, 0.4) is 0 Å². The van der Waals surface area contributed by atoms with Crippen LogP contribution in [0.15, 0.2) is 4.99 Å². The Labute approximate surface area is 139 Å². The topological polar surface area (TPSA) is 55.3 Å². The Bertz CT molecular complexity index is 406. The minimum Gasteiger partial charge on any atom is -0.385 e. The molecule has 2 aliphatic heterocycles. The number of methoxy groups -OCH3 is 1. The van der Waals surface area contributed by atoms with Crippen molar-refractivity contribution in [3.8, 4) is 0 Å². The van der Waals surface area contributed by atoms with E-state index in [4.69, 9.17) is 14.2 Å². The maximum Gasteiger partial charge on any atom is 0.193 e. The van der Waals surface area contributed by atoms with E-state index in [0.717, 1.165) is 64.7 Å². The molecule has 3 rings (SSSR count). The van der Waals surface area contributed by atoms with E-state index < -0.39 is 0 Å². The van der Waals surface area contributed by atoms with Gasteiger partial charge >= 0.3 is 0 Å². The van der Waals surface area contributed by atoms with Crippen LogP contribution >= 0.6 is 0 Å². The van der Waals surface area contributed by atoms with Crippen LogP contribution in [0.4, 0.5) is 0 Å². The fourth-order valence-electron chi connectivity index (χ4n) is 3.60. The van der Waals surface area contributed by atoms with Crippen molar-refractivity contribution in [3.05, 3.63) is 0 Å². The number of rotatable bonds is 6. The van der Waals surface area contributed by atoms with Gasteiger partial charge in [0.2, 0.25) is 0 Å². The summed E-state index contributed by atoms with van der Waals surface area (Å²) in [4.78, 5) is 6.81. The van der Waals surface area contributed by atoms with Crippen molar-refractivity contribution in [2.75, 3.05) is 53.6 Å².